The number of carbonyl (C=O) groups is 2. The van der Waals surface area contributed by atoms with Crippen molar-refractivity contribution in [2.45, 2.75) is 12.8 Å². The van der Waals surface area contributed by atoms with Crippen LogP contribution in [0.2, 0.25) is 0 Å². The molecular weight excluding hydrogens is 420 g/mol. The number of Topliss-reactive ketones (excluding diaryl/α,β-unsaturated/α-hetero) is 1. The molecule has 0 spiro atoms. The molecule has 7 heteroatoms. The van der Waals surface area contributed by atoms with Gasteiger partial charge in [0.2, 0.25) is 0 Å². The van der Waals surface area contributed by atoms with Crippen LogP contribution < -0.4 is 0 Å². The van der Waals surface area contributed by atoms with Crippen molar-refractivity contribution >= 4 is 23.0 Å². The van der Waals surface area contributed by atoms with E-state index in [-0.39, 0.29) is 17.6 Å². The van der Waals surface area contributed by atoms with Gasteiger partial charge in [0.15, 0.2) is 5.78 Å². The molecule has 0 N–H and O–H groups in total. The summed E-state index contributed by atoms with van der Waals surface area (Å²) in [6.45, 7) is 1.14. The molecule has 0 unspecified atom stereocenters. The summed E-state index contributed by atoms with van der Waals surface area (Å²) in [6, 6.07) is 19.3. The van der Waals surface area contributed by atoms with E-state index in [2.05, 4.69) is 10.1 Å². The lowest BCUT2D eigenvalue weighted by atomic mass is 9.89. The van der Waals surface area contributed by atoms with Gasteiger partial charge in [0.05, 0.1) is 11.9 Å². The van der Waals surface area contributed by atoms with Gasteiger partial charge in [-0.3, -0.25) is 9.59 Å². The minimum absolute atomic E-state index is 0.0312. The third-order valence-electron chi connectivity index (χ3n) is 5.78. The maximum atomic E-state index is 13.0. The zero-order valence-electron chi connectivity index (χ0n) is 17.4. The first-order chi connectivity index (χ1) is 15.7. The molecule has 160 valence electrons. The maximum absolute atomic E-state index is 13.0. The fourth-order valence-electron chi connectivity index (χ4n) is 4.00. The van der Waals surface area contributed by atoms with E-state index in [0.29, 0.717) is 31.6 Å². The lowest BCUT2D eigenvalue weighted by Crippen LogP contribution is -2.40. The number of para-hydroxylation sites is 1. The number of hydrogen-bond donors (Lipinski definition) is 0. The molecule has 1 amide bonds. The van der Waals surface area contributed by atoms with Gasteiger partial charge in [-0.1, -0.05) is 48.5 Å². The first-order valence-corrected chi connectivity index (χ1v) is 11.5. The summed E-state index contributed by atoms with van der Waals surface area (Å²) in [5, 5.41) is 6.99. The van der Waals surface area contributed by atoms with E-state index >= 15 is 0 Å². The minimum atomic E-state index is -0.0754. The van der Waals surface area contributed by atoms with E-state index in [1.165, 1.54) is 11.3 Å². The van der Waals surface area contributed by atoms with Gasteiger partial charge in [0.25, 0.3) is 5.91 Å². The Kier molecular flexibility index (Phi) is 5.64. The fraction of sp³-hybridized carbons (Fsp3) is 0.200. The van der Waals surface area contributed by atoms with E-state index in [4.69, 9.17) is 0 Å². The number of benzene rings is 2. The number of hydrogen-bond acceptors (Lipinski definition) is 5. The number of likely N-dealkylation sites (tertiary alicyclic amines) is 1. The molecule has 6 nitrogen and oxygen atoms in total. The predicted octanol–water partition coefficient (Wildman–Crippen LogP) is 4.73. The SMILES string of the molecule is O=C(c1ccccc1)C1CCN(C(=O)c2csc(-c3cnn(-c4ccccc4)c3)n2)CC1. The number of thiazole rings is 1. The van der Waals surface area contributed by atoms with Gasteiger partial charge in [-0.15, -0.1) is 11.3 Å². The Bertz CT molecular complexity index is 1230. The summed E-state index contributed by atoms with van der Waals surface area (Å²) in [7, 11) is 0. The van der Waals surface area contributed by atoms with Crippen LogP contribution in [0.4, 0.5) is 0 Å². The Labute approximate surface area is 190 Å². The smallest absolute Gasteiger partial charge is 0.273 e. The van der Waals surface area contributed by atoms with E-state index in [1.54, 1.807) is 21.2 Å². The molecule has 3 heterocycles. The van der Waals surface area contributed by atoms with Gasteiger partial charge in [-0.25, -0.2) is 9.67 Å². The quantitative estimate of drug-likeness (QED) is 0.419. The molecule has 2 aromatic heterocycles. The van der Waals surface area contributed by atoms with Crippen LogP contribution in [0.15, 0.2) is 78.4 Å². The molecular formula is C25H22N4O2S. The van der Waals surface area contributed by atoms with Crippen LogP contribution in [0.5, 0.6) is 0 Å². The van der Waals surface area contributed by atoms with Crippen LogP contribution in [0.3, 0.4) is 0 Å². The second-order valence-electron chi connectivity index (χ2n) is 7.84. The van der Waals surface area contributed by atoms with Crippen molar-refractivity contribution in [3.63, 3.8) is 0 Å². The molecule has 0 aliphatic carbocycles. The summed E-state index contributed by atoms with van der Waals surface area (Å²) < 4.78 is 1.80. The zero-order chi connectivity index (χ0) is 21.9. The maximum Gasteiger partial charge on any atom is 0.273 e. The highest BCUT2D eigenvalue weighted by molar-refractivity contribution is 7.13. The number of aromatic nitrogens is 3. The topological polar surface area (TPSA) is 68.1 Å². The van der Waals surface area contributed by atoms with Crippen molar-refractivity contribution in [3.8, 4) is 16.3 Å². The Morgan fingerprint density at radius 2 is 1.62 bits per heavy atom. The Balaban J connectivity index is 1.23. The molecule has 5 rings (SSSR count). The second-order valence-corrected chi connectivity index (χ2v) is 8.70. The van der Waals surface area contributed by atoms with E-state index in [0.717, 1.165) is 21.8 Å². The molecule has 1 aliphatic rings. The molecule has 0 radical (unpaired) electrons. The van der Waals surface area contributed by atoms with Gasteiger partial charge in [-0.2, -0.15) is 5.10 Å². The lowest BCUT2D eigenvalue weighted by molar-refractivity contribution is 0.0646. The second kappa shape index (κ2) is 8.88. The number of piperidine rings is 1. The van der Waals surface area contributed by atoms with Gasteiger partial charge in [0.1, 0.15) is 10.7 Å². The molecule has 32 heavy (non-hydrogen) atoms. The Morgan fingerprint density at radius 3 is 2.34 bits per heavy atom. The van der Waals surface area contributed by atoms with Crippen LogP contribution in [0.25, 0.3) is 16.3 Å². The third-order valence-corrected chi connectivity index (χ3v) is 6.68. The third kappa shape index (κ3) is 4.11. The standard InChI is InChI=1S/C25H22N4O2S/c30-23(18-7-3-1-4-8-18)19-11-13-28(14-12-19)25(31)22-17-32-24(27-22)20-15-26-29(16-20)21-9-5-2-6-10-21/h1-10,15-17,19H,11-14H2. The molecule has 4 aromatic rings. The van der Waals surface area contributed by atoms with Crippen LogP contribution in [-0.4, -0.2) is 44.4 Å². The summed E-state index contributed by atoms with van der Waals surface area (Å²) in [6.07, 6.45) is 5.05. The molecule has 1 saturated heterocycles. The molecule has 0 bridgehead atoms. The van der Waals surface area contributed by atoms with E-state index in [1.807, 2.05) is 66.9 Å². The predicted molar refractivity (Wildman–Crippen MR) is 124 cm³/mol. The fourth-order valence-corrected chi connectivity index (χ4v) is 4.77. The number of nitrogens with zero attached hydrogens (tertiary/aromatic N) is 4. The molecule has 0 saturated carbocycles. The summed E-state index contributed by atoms with van der Waals surface area (Å²) in [5.74, 6) is 0.0638. The van der Waals surface area contributed by atoms with Crippen LogP contribution in [0.1, 0.15) is 33.7 Å². The zero-order valence-corrected chi connectivity index (χ0v) is 18.2. The highest BCUT2D eigenvalue weighted by atomic mass is 32.1. The Morgan fingerprint density at radius 1 is 0.938 bits per heavy atom. The number of carbonyl (C=O) groups excluding carboxylic acids is 2. The van der Waals surface area contributed by atoms with Crippen molar-refractivity contribution < 1.29 is 9.59 Å². The summed E-state index contributed by atoms with van der Waals surface area (Å²) in [4.78, 5) is 32.0. The van der Waals surface area contributed by atoms with Crippen molar-refractivity contribution in [1.82, 2.24) is 19.7 Å². The van der Waals surface area contributed by atoms with Crippen LogP contribution >= 0.6 is 11.3 Å². The molecule has 1 fully saturated rings. The van der Waals surface area contributed by atoms with Crippen molar-refractivity contribution in [2.24, 2.45) is 5.92 Å². The highest BCUT2D eigenvalue weighted by Crippen LogP contribution is 2.27. The average molecular weight is 443 g/mol. The van der Waals surface area contributed by atoms with Crippen LogP contribution in [-0.2, 0) is 0 Å². The van der Waals surface area contributed by atoms with Crippen molar-refractivity contribution in [2.75, 3.05) is 13.1 Å². The minimum Gasteiger partial charge on any atom is -0.337 e. The van der Waals surface area contributed by atoms with Gasteiger partial charge in [0, 0.05) is 41.7 Å². The van der Waals surface area contributed by atoms with Crippen LogP contribution in [0, 0.1) is 5.92 Å². The van der Waals surface area contributed by atoms with Crippen molar-refractivity contribution in [1.29, 1.82) is 0 Å². The Hall–Kier alpha value is -3.58. The summed E-state index contributed by atoms with van der Waals surface area (Å²) >= 11 is 1.44. The molecule has 2 aromatic carbocycles. The molecule has 0 atom stereocenters. The van der Waals surface area contributed by atoms with E-state index < -0.39 is 0 Å². The largest absolute Gasteiger partial charge is 0.337 e. The van der Waals surface area contributed by atoms with Crippen molar-refractivity contribution in [3.05, 3.63) is 89.7 Å². The summed E-state index contributed by atoms with van der Waals surface area (Å²) in [5.41, 5.74) is 3.05. The average Bonchev–Trinajstić information content (AvgIpc) is 3.55. The number of ketones is 1. The first kappa shape index (κ1) is 20.3. The number of amides is 1. The van der Waals surface area contributed by atoms with Gasteiger partial charge < -0.3 is 4.90 Å². The lowest BCUT2D eigenvalue weighted by Gasteiger charge is -2.30. The monoisotopic (exact) mass is 442 g/mol. The highest BCUT2D eigenvalue weighted by Gasteiger charge is 2.29. The van der Waals surface area contributed by atoms with E-state index in [9.17, 15) is 9.59 Å². The molecule has 1 aliphatic heterocycles. The van der Waals surface area contributed by atoms with Gasteiger partial charge >= 0.3 is 0 Å². The van der Waals surface area contributed by atoms with Gasteiger partial charge in [-0.05, 0) is 25.0 Å². The number of rotatable bonds is 5. The first-order valence-electron chi connectivity index (χ1n) is 10.6. The normalized spacial score (nSPS) is 14.4.